The van der Waals surface area contributed by atoms with Gasteiger partial charge in [0.05, 0.1) is 17.1 Å². The molecule has 0 aliphatic rings. The van der Waals surface area contributed by atoms with Crippen molar-refractivity contribution < 1.29 is 46.8 Å². The summed E-state index contributed by atoms with van der Waals surface area (Å²) < 4.78 is 58.1. The van der Waals surface area contributed by atoms with Crippen molar-refractivity contribution in [3.05, 3.63) is 188 Å². The van der Waals surface area contributed by atoms with Gasteiger partial charge in [-0.3, -0.25) is 28.0 Å². The summed E-state index contributed by atoms with van der Waals surface area (Å²) in [7, 11) is 0. The van der Waals surface area contributed by atoms with Gasteiger partial charge in [0.2, 0.25) is 0 Å². The van der Waals surface area contributed by atoms with Crippen LogP contribution in [0, 0.1) is 55.0 Å². The molecule has 8 rings (SSSR count). The Morgan fingerprint density at radius 2 is 1.12 bits per heavy atom. The van der Waals surface area contributed by atoms with Crippen LogP contribution < -0.4 is 14.2 Å². The predicted molar refractivity (Wildman–Crippen MR) is 173 cm³/mol. The fourth-order valence-electron chi connectivity index (χ4n) is 4.41. The zero-order chi connectivity index (χ0) is 34.9. The number of hydrogen-bond donors (Lipinski definition) is 0. The Balaban J connectivity index is 0.000000151. The Morgan fingerprint density at radius 1 is 0.627 bits per heavy atom. The van der Waals surface area contributed by atoms with E-state index in [1.165, 1.54) is 48.5 Å². The van der Waals surface area contributed by atoms with Crippen LogP contribution in [0.1, 0.15) is 5.82 Å². The van der Waals surface area contributed by atoms with Gasteiger partial charge in [0, 0.05) is 68.5 Å². The summed E-state index contributed by atoms with van der Waals surface area (Å²) in [5.41, 5.74) is 3.71. The summed E-state index contributed by atoms with van der Waals surface area (Å²) in [6.45, 7) is 1.80. The van der Waals surface area contributed by atoms with Crippen molar-refractivity contribution in [2.75, 3.05) is 0 Å². The Hall–Kier alpha value is -6.04. The molecule has 0 N–H and O–H groups in total. The van der Waals surface area contributed by atoms with Crippen molar-refractivity contribution in [3.63, 3.8) is 0 Å². The minimum absolute atomic E-state index is 0. The van der Waals surface area contributed by atoms with Crippen LogP contribution in [0.25, 0.3) is 34.3 Å². The maximum Gasteiger partial charge on any atom is 0.267 e. The Morgan fingerprint density at radius 3 is 1.51 bits per heavy atom. The first kappa shape index (κ1) is 36.2. The Kier molecular flexibility index (Phi) is 12.1. The molecule has 0 aliphatic heterocycles. The summed E-state index contributed by atoms with van der Waals surface area (Å²) in [6, 6.07) is 31.9. The number of imidazole rings is 2. The molecule has 0 fully saturated rings. The third-order valence-electron chi connectivity index (χ3n) is 6.86. The molecule has 0 saturated carbocycles. The van der Waals surface area contributed by atoms with Gasteiger partial charge in [-0.25, -0.2) is 8.78 Å². The van der Waals surface area contributed by atoms with Crippen LogP contribution in [-0.4, -0.2) is 24.2 Å². The molecule has 0 saturated heterocycles. The van der Waals surface area contributed by atoms with E-state index in [9.17, 15) is 17.6 Å². The van der Waals surface area contributed by atoms with Crippen LogP contribution in [0.4, 0.5) is 17.6 Å². The Bertz CT molecular complexity index is 2010. The second-order valence-corrected chi connectivity index (χ2v) is 10.4. The molecule has 0 atom stereocenters. The van der Waals surface area contributed by atoms with E-state index in [0.717, 1.165) is 17.1 Å². The molecule has 4 aromatic carbocycles. The van der Waals surface area contributed by atoms with E-state index in [1.54, 1.807) is 92.6 Å². The van der Waals surface area contributed by atoms with E-state index < -0.39 is 0 Å². The molecule has 8 aromatic rings. The van der Waals surface area contributed by atoms with Crippen LogP contribution in [0.2, 0.25) is 0 Å². The second-order valence-electron chi connectivity index (χ2n) is 10.4. The average Bonchev–Trinajstić information content (AvgIpc) is 3.93. The maximum absolute atomic E-state index is 12.8. The van der Waals surface area contributed by atoms with Gasteiger partial charge in [-0.2, -0.15) is 24.3 Å². The summed E-state index contributed by atoms with van der Waals surface area (Å²) in [4.78, 5) is 8.19. The standard InChI is InChI=1S/2C15H9F2N2.C8H7N4.Ir/c2*16-12-1-5-14(6-2-12)18-9-10-19(11-18)15-7-3-13(17)4-8-15;1-6-10-8(12-11-6)7-4-2-3-5-9-7;/h2*1-7,9-10H;2-5H,1H3;/q3*-1;. The van der Waals surface area contributed by atoms with Gasteiger partial charge in [-0.05, 0) is 84.8 Å². The molecule has 257 valence electrons. The molecule has 8 nitrogen and oxygen atoms in total. The maximum atomic E-state index is 12.8. The first-order valence-electron chi connectivity index (χ1n) is 15.0. The van der Waals surface area contributed by atoms with E-state index in [1.807, 2.05) is 18.2 Å². The third-order valence-corrected chi connectivity index (χ3v) is 6.86. The minimum atomic E-state index is -0.331. The van der Waals surface area contributed by atoms with Crippen LogP contribution in [0.15, 0.2) is 134 Å². The zero-order valence-corrected chi connectivity index (χ0v) is 29.0. The van der Waals surface area contributed by atoms with Gasteiger partial charge in [-0.15, -0.1) is 24.3 Å². The summed E-state index contributed by atoms with van der Waals surface area (Å²) in [6.07, 6.45) is 14.9. The van der Waals surface area contributed by atoms with Crippen molar-refractivity contribution in [3.8, 4) is 34.3 Å². The van der Waals surface area contributed by atoms with Crippen LogP contribution in [0.3, 0.4) is 0 Å². The molecule has 0 amide bonds. The van der Waals surface area contributed by atoms with Gasteiger partial charge in [0.15, 0.2) is 0 Å². The van der Waals surface area contributed by atoms with Crippen LogP contribution in [-0.2, 0) is 20.1 Å². The number of aryl methyl sites for hydroxylation is 1. The number of pyridine rings is 1. The summed E-state index contributed by atoms with van der Waals surface area (Å²) in [5.74, 6) is 0.0414. The number of aromatic nitrogens is 8. The fraction of sp³-hybridized carbons (Fsp3) is 0.0263. The summed E-state index contributed by atoms with van der Waals surface area (Å²) in [5, 5.41) is 7.65. The number of halogens is 4. The Labute approximate surface area is 304 Å². The number of benzene rings is 4. The van der Waals surface area contributed by atoms with E-state index in [2.05, 4.69) is 45.0 Å². The predicted octanol–water partition coefficient (Wildman–Crippen LogP) is 6.07. The quantitative estimate of drug-likeness (QED) is 0.120. The number of rotatable bonds is 5. The third kappa shape index (κ3) is 9.78. The first-order chi connectivity index (χ1) is 24.3. The topological polar surface area (TPSA) is 70.4 Å². The van der Waals surface area contributed by atoms with Crippen LogP contribution >= 0.6 is 0 Å². The molecule has 0 spiro atoms. The van der Waals surface area contributed by atoms with Gasteiger partial charge in [0.1, 0.15) is 11.6 Å². The van der Waals surface area contributed by atoms with Gasteiger partial charge >= 0.3 is 0 Å². The van der Waals surface area contributed by atoms with Crippen molar-refractivity contribution >= 4 is 0 Å². The van der Waals surface area contributed by atoms with E-state index >= 15 is 0 Å². The van der Waals surface area contributed by atoms with Gasteiger partial charge in [0.25, 0.3) is 12.7 Å². The van der Waals surface area contributed by atoms with E-state index in [0.29, 0.717) is 23.0 Å². The van der Waals surface area contributed by atoms with Crippen molar-refractivity contribution in [1.29, 1.82) is 0 Å². The molecule has 0 bridgehead atoms. The molecule has 0 aliphatic carbocycles. The van der Waals surface area contributed by atoms with Crippen molar-refractivity contribution in [1.82, 2.24) is 29.3 Å². The fourth-order valence-corrected chi connectivity index (χ4v) is 4.41. The molecule has 4 aromatic heterocycles. The summed E-state index contributed by atoms with van der Waals surface area (Å²) >= 11 is 0. The normalized spacial score (nSPS) is 10.3. The number of hydrogen-bond acceptors (Lipinski definition) is 3. The van der Waals surface area contributed by atoms with Crippen molar-refractivity contribution in [2.45, 2.75) is 6.92 Å². The van der Waals surface area contributed by atoms with Gasteiger partial charge < -0.3 is 19.2 Å². The monoisotopic (exact) mass is 862 g/mol. The largest absolute Gasteiger partial charge is 0.421 e. The molecule has 13 heteroatoms. The molecular formula is C38H25F4IrN8-3. The second kappa shape index (κ2) is 17.1. The zero-order valence-electron chi connectivity index (χ0n) is 26.6. The molecular weight excluding hydrogens is 837 g/mol. The van der Waals surface area contributed by atoms with E-state index in [-0.39, 0.29) is 43.4 Å². The SMILES string of the molecule is Cc1n[n-]c(-c2ccccn2)n1.Fc1c[c-]c(-n2[c-][n+](-c3ccc(F)cc3)cc2)cc1.Fc1c[c-]c(-n2[c-][n+](-c3ccc(F)cc3)cc2)cc1.[Ir]. The van der Waals surface area contributed by atoms with E-state index in [4.69, 9.17) is 0 Å². The minimum Gasteiger partial charge on any atom is -0.421 e. The molecule has 0 unspecified atom stereocenters. The number of nitrogens with zero attached hydrogens (tertiary/aromatic N) is 8. The van der Waals surface area contributed by atoms with Crippen LogP contribution in [0.5, 0.6) is 0 Å². The first-order valence-corrected chi connectivity index (χ1v) is 15.0. The smallest absolute Gasteiger partial charge is 0.267 e. The van der Waals surface area contributed by atoms with Crippen molar-refractivity contribution in [2.24, 2.45) is 0 Å². The molecule has 4 heterocycles. The molecule has 51 heavy (non-hydrogen) atoms. The molecule has 1 radical (unpaired) electrons. The van der Waals surface area contributed by atoms with Gasteiger partial charge in [-0.1, -0.05) is 6.07 Å². The average molecular weight is 862 g/mol.